The maximum absolute atomic E-state index is 6.15. The highest BCUT2D eigenvalue weighted by Crippen LogP contribution is 2.36. The first-order valence-corrected chi connectivity index (χ1v) is 7.48. The Hall–Kier alpha value is -0.0500. The monoisotopic (exact) mass is 254 g/mol. The van der Waals surface area contributed by atoms with Crippen molar-refractivity contribution in [3.8, 4) is 0 Å². The minimum atomic E-state index is 0.839. The Balaban J connectivity index is 1.45. The van der Waals surface area contributed by atoms with Gasteiger partial charge < -0.3 is 9.80 Å². The smallest absolute Gasteiger partial charge is 0.0144 e. The van der Waals surface area contributed by atoms with E-state index >= 15 is 0 Å². The van der Waals surface area contributed by atoms with Gasteiger partial charge >= 0.3 is 0 Å². The van der Waals surface area contributed by atoms with Crippen molar-refractivity contribution >= 4 is 11.6 Å². The lowest BCUT2D eigenvalue weighted by Gasteiger charge is -2.21. The average molecular weight is 255 g/mol. The molecule has 3 aliphatic rings. The highest BCUT2D eigenvalue weighted by Gasteiger charge is 2.34. The van der Waals surface area contributed by atoms with E-state index in [0.717, 1.165) is 23.3 Å². The Morgan fingerprint density at radius 3 is 2.59 bits per heavy atom. The van der Waals surface area contributed by atoms with E-state index in [1.54, 1.807) is 0 Å². The minimum Gasteiger partial charge on any atom is -0.302 e. The molecule has 0 aromatic heterocycles. The largest absolute Gasteiger partial charge is 0.302 e. The summed E-state index contributed by atoms with van der Waals surface area (Å²) in [6, 6.07) is 0. The van der Waals surface area contributed by atoms with Gasteiger partial charge in [-0.3, -0.25) is 0 Å². The molecule has 2 nitrogen and oxygen atoms in total. The average Bonchev–Trinajstić information content (AvgIpc) is 2.94. The van der Waals surface area contributed by atoms with Gasteiger partial charge in [-0.1, -0.05) is 17.7 Å². The van der Waals surface area contributed by atoms with E-state index in [1.807, 2.05) is 0 Å². The Kier molecular flexibility index (Phi) is 3.74. The molecule has 0 spiro atoms. The molecule has 0 N–H and O–H groups in total. The summed E-state index contributed by atoms with van der Waals surface area (Å²) in [4.78, 5) is 5.28. The summed E-state index contributed by atoms with van der Waals surface area (Å²) < 4.78 is 0. The molecule has 0 bridgehead atoms. The topological polar surface area (TPSA) is 6.48 Å². The molecule has 3 rings (SSSR count). The predicted molar refractivity (Wildman–Crippen MR) is 72.3 cm³/mol. The highest BCUT2D eigenvalue weighted by atomic mass is 35.5. The number of halogens is 1. The number of hydrogen-bond acceptors (Lipinski definition) is 2. The van der Waals surface area contributed by atoms with Gasteiger partial charge in [0.1, 0.15) is 0 Å². The first-order valence-electron chi connectivity index (χ1n) is 7.10. The molecular formula is C14H23ClN2. The van der Waals surface area contributed by atoms with Gasteiger partial charge in [0.05, 0.1) is 0 Å². The van der Waals surface area contributed by atoms with Crippen molar-refractivity contribution in [3.63, 3.8) is 0 Å². The van der Waals surface area contributed by atoms with Crippen LogP contribution < -0.4 is 0 Å². The van der Waals surface area contributed by atoms with Crippen LogP contribution in [0.3, 0.4) is 0 Å². The Morgan fingerprint density at radius 1 is 1.06 bits per heavy atom. The Labute approximate surface area is 110 Å². The van der Waals surface area contributed by atoms with E-state index in [9.17, 15) is 0 Å². The molecule has 2 unspecified atom stereocenters. The third-order valence-electron chi connectivity index (χ3n) is 4.68. The quantitative estimate of drug-likeness (QED) is 0.764. The van der Waals surface area contributed by atoms with Gasteiger partial charge in [0.25, 0.3) is 0 Å². The molecule has 2 saturated heterocycles. The van der Waals surface area contributed by atoms with E-state index in [4.69, 9.17) is 11.6 Å². The number of nitrogens with zero attached hydrogens (tertiary/aromatic N) is 2. The molecule has 2 fully saturated rings. The van der Waals surface area contributed by atoms with Crippen LogP contribution in [0.4, 0.5) is 0 Å². The summed E-state index contributed by atoms with van der Waals surface area (Å²) in [5.74, 6) is 1.72. The molecule has 1 aliphatic carbocycles. The summed E-state index contributed by atoms with van der Waals surface area (Å²) in [5.41, 5.74) is 0. The van der Waals surface area contributed by atoms with Crippen LogP contribution in [0.1, 0.15) is 25.7 Å². The zero-order valence-corrected chi connectivity index (χ0v) is 11.3. The zero-order valence-electron chi connectivity index (χ0n) is 10.6. The first kappa shape index (κ1) is 12.0. The third-order valence-corrected chi connectivity index (χ3v) is 4.99. The molecule has 0 aromatic rings. The van der Waals surface area contributed by atoms with Crippen molar-refractivity contribution < 1.29 is 0 Å². The van der Waals surface area contributed by atoms with Crippen LogP contribution in [-0.2, 0) is 0 Å². The zero-order chi connectivity index (χ0) is 11.7. The number of rotatable bonds is 3. The molecule has 2 heterocycles. The lowest BCUT2D eigenvalue weighted by Crippen LogP contribution is -2.32. The summed E-state index contributed by atoms with van der Waals surface area (Å²) in [7, 11) is 0. The Morgan fingerprint density at radius 2 is 1.76 bits per heavy atom. The summed E-state index contributed by atoms with van der Waals surface area (Å²) >= 11 is 6.15. The molecular weight excluding hydrogens is 232 g/mol. The summed E-state index contributed by atoms with van der Waals surface area (Å²) in [6.07, 6.45) is 7.40. The molecule has 96 valence electrons. The van der Waals surface area contributed by atoms with E-state index < -0.39 is 0 Å². The van der Waals surface area contributed by atoms with Gasteiger partial charge in [-0.15, -0.1) is 0 Å². The van der Waals surface area contributed by atoms with Crippen molar-refractivity contribution in [2.24, 2.45) is 11.8 Å². The van der Waals surface area contributed by atoms with Gasteiger partial charge in [0.15, 0.2) is 0 Å². The fourth-order valence-corrected chi connectivity index (χ4v) is 3.91. The molecule has 3 heteroatoms. The fourth-order valence-electron chi connectivity index (χ4n) is 3.62. The van der Waals surface area contributed by atoms with Crippen LogP contribution >= 0.6 is 11.6 Å². The van der Waals surface area contributed by atoms with E-state index in [0.29, 0.717) is 0 Å². The number of fused-ring (bicyclic) bond motifs is 1. The van der Waals surface area contributed by atoms with E-state index in [1.165, 1.54) is 58.5 Å². The van der Waals surface area contributed by atoms with Crippen molar-refractivity contribution in [1.29, 1.82) is 0 Å². The maximum atomic E-state index is 6.15. The highest BCUT2D eigenvalue weighted by molar-refractivity contribution is 6.29. The SMILES string of the molecule is ClC1=CCC2CN(CCN3CCCC3)CC2C1. The second kappa shape index (κ2) is 5.29. The third kappa shape index (κ3) is 2.86. The fraction of sp³-hybridized carbons (Fsp3) is 0.857. The predicted octanol–water partition coefficient (Wildman–Crippen LogP) is 2.55. The normalized spacial score (nSPS) is 35.0. The van der Waals surface area contributed by atoms with Crippen LogP contribution in [0.2, 0.25) is 0 Å². The first-order chi connectivity index (χ1) is 8.31. The lowest BCUT2D eigenvalue weighted by atomic mass is 9.86. The van der Waals surface area contributed by atoms with Crippen LogP contribution in [0, 0.1) is 11.8 Å². The van der Waals surface area contributed by atoms with Crippen molar-refractivity contribution in [2.45, 2.75) is 25.7 Å². The van der Waals surface area contributed by atoms with Crippen LogP contribution in [0.25, 0.3) is 0 Å². The van der Waals surface area contributed by atoms with Gasteiger partial charge in [0, 0.05) is 31.2 Å². The minimum absolute atomic E-state index is 0.839. The lowest BCUT2D eigenvalue weighted by molar-refractivity contribution is 0.250. The van der Waals surface area contributed by atoms with E-state index in [2.05, 4.69) is 15.9 Å². The Bertz CT molecular complexity index is 297. The second-order valence-electron chi connectivity index (χ2n) is 5.92. The summed E-state index contributed by atoms with van der Waals surface area (Å²) in [5, 5.41) is 1.10. The van der Waals surface area contributed by atoms with Gasteiger partial charge in [0.2, 0.25) is 0 Å². The molecule has 0 aromatic carbocycles. The van der Waals surface area contributed by atoms with Crippen LogP contribution in [-0.4, -0.2) is 49.1 Å². The number of hydrogen-bond donors (Lipinski definition) is 0. The molecule has 2 aliphatic heterocycles. The molecule has 0 radical (unpaired) electrons. The van der Waals surface area contributed by atoms with Gasteiger partial charge in [-0.05, 0) is 50.6 Å². The molecule has 17 heavy (non-hydrogen) atoms. The standard InChI is InChI=1S/C14H23ClN2/c15-14-4-3-12-10-17(11-13(12)9-14)8-7-16-5-1-2-6-16/h4,12-13H,1-3,5-11H2. The second-order valence-corrected chi connectivity index (χ2v) is 6.40. The molecule has 0 amide bonds. The van der Waals surface area contributed by atoms with Crippen molar-refractivity contribution in [1.82, 2.24) is 9.80 Å². The van der Waals surface area contributed by atoms with Gasteiger partial charge in [-0.25, -0.2) is 0 Å². The van der Waals surface area contributed by atoms with Crippen LogP contribution in [0.5, 0.6) is 0 Å². The van der Waals surface area contributed by atoms with Crippen molar-refractivity contribution in [2.75, 3.05) is 39.3 Å². The maximum Gasteiger partial charge on any atom is 0.0144 e. The summed E-state index contributed by atoms with van der Waals surface area (Å²) in [6.45, 7) is 7.79. The van der Waals surface area contributed by atoms with Crippen molar-refractivity contribution in [3.05, 3.63) is 11.1 Å². The molecule has 2 atom stereocenters. The molecule has 0 saturated carbocycles. The van der Waals surface area contributed by atoms with Gasteiger partial charge in [-0.2, -0.15) is 0 Å². The van der Waals surface area contributed by atoms with E-state index in [-0.39, 0.29) is 0 Å². The number of likely N-dealkylation sites (tertiary alicyclic amines) is 2. The number of allylic oxidation sites excluding steroid dienone is 2. The van der Waals surface area contributed by atoms with Crippen LogP contribution in [0.15, 0.2) is 11.1 Å².